The summed E-state index contributed by atoms with van der Waals surface area (Å²) >= 11 is 0. The average molecular weight is 262 g/mol. The first-order valence-corrected chi connectivity index (χ1v) is 6.74. The summed E-state index contributed by atoms with van der Waals surface area (Å²) in [7, 11) is 2.08. The Kier molecular flexibility index (Phi) is 4.22. The van der Waals surface area contributed by atoms with Gasteiger partial charge in [0, 0.05) is 13.1 Å². The van der Waals surface area contributed by atoms with Gasteiger partial charge in [0.15, 0.2) is 0 Å². The molecule has 1 unspecified atom stereocenters. The van der Waals surface area contributed by atoms with Gasteiger partial charge in [-0.2, -0.15) is 0 Å². The molecule has 1 aromatic rings. The van der Waals surface area contributed by atoms with Gasteiger partial charge in [-0.3, -0.25) is 0 Å². The quantitative estimate of drug-likeness (QED) is 0.839. The third-order valence-corrected chi connectivity index (χ3v) is 3.74. The lowest BCUT2D eigenvalue weighted by molar-refractivity contribution is -0.157. The summed E-state index contributed by atoms with van der Waals surface area (Å²) in [5.41, 5.74) is 5.85. The van der Waals surface area contributed by atoms with E-state index in [1.165, 1.54) is 0 Å². The number of nitrogens with zero attached hydrogens (tertiary/aromatic N) is 1. The van der Waals surface area contributed by atoms with E-state index in [1.54, 1.807) is 6.92 Å². The van der Waals surface area contributed by atoms with Gasteiger partial charge in [0.1, 0.15) is 11.6 Å². The topological polar surface area (TPSA) is 55.6 Å². The minimum Gasteiger partial charge on any atom is -0.461 e. The number of hydrogen-bond donors (Lipinski definition) is 1. The fourth-order valence-electron chi connectivity index (χ4n) is 2.28. The molecule has 0 spiro atoms. The molecule has 1 fully saturated rings. The smallest absolute Gasteiger partial charge is 0.330 e. The van der Waals surface area contributed by atoms with Crippen LogP contribution in [0.25, 0.3) is 0 Å². The van der Waals surface area contributed by atoms with E-state index < -0.39 is 5.54 Å². The Morgan fingerprint density at radius 2 is 1.89 bits per heavy atom. The molecular weight excluding hydrogens is 240 g/mol. The molecule has 4 heteroatoms. The number of piperidine rings is 1. The number of carbonyl (C=O) groups is 1. The van der Waals surface area contributed by atoms with Crippen LogP contribution in [0.2, 0.25) is 0 Å². The van der Waals surface area contributed by atoms with Crippen molar-refractivity contribution >= 4 is 5.97 Å². The maximum Gasteiger partial charge on any atom is 0.330 e. The molecule has 0 saturated carbocycles. The van der Waals surface area contributed by atoms with Crippen LogP contribution in [0.4, 0.5) is 0 Å². The van der Waals surface area contributed by atoms with Crippen LogP contribution in [0.5, 0.6) is 0 Å². The van der Waals surface area contributed by atoms with E-state index in [0.717, 1.165) is 31.5 Å². The summed E-state index contributed by atoms with van der Waals surface area (Å²) in [6, 6.07) is 9.38. The number of ether oxygens (including phenoxy) is 1. The summed E-state index contributed by atoms with van der Waals surface area (Å²) < 4.78 is 5.57. The summed E-state index contributed by atoms with van der Waals surface area (Å²) in [6.45, 7) is 3.63. The fourth-order valence-corrected chi connectivity index (χ4v) is 2.28. The molecular formula is C15H22N2O2. The summed E-state index contributed by atoms with van der Waals surface area (Å²) in [6.07, 6.45) is 1.76. The van der Waals surface area contributed by atoms with Crippen molar-refractivity contribution in [2.75, 3.05) is 20.1 Å². The van der Waals surface area contributed by atoms with Gasteiger partial charge in [0.25, 0.3) is 0 Å². The zero-order valence-electron chi connectivity index (χ0n) is 11.6. The van der Waals surface area contributed by atoms with Crippen LogP contribution in [0.15, 0.2) is 30.3 Å². The Hall–Kier alpha value is -1.39. The number of hydrogen-bond acceptors (Lipinski definition) is 4. The molecule has 0 amide bonds. The van der Waals surface area contributed by atoms with Crippen molar-refractivity contribution in [1.82, 2.24) is 4.90 Å². The molecule has 2 rings (SSSR count). The largest absolute Gasteiger partial charge is 0.461 e. The highest BCUT2D eigenvalue weighted by atomic mass is 16.5. The molecule has 1 saturated heterocycles. The molecule has 1 atom stereocenters. The number of rotatable bonds is 3. The maximum absolute atomic E-state index is 12.3. The van der Waals surface area contributed by atoms with Crippen LogP contribution in [0.3, 0.4) is 0 Å². The molecule has 0 radical (unpaired) electrons. The fraction of sp³-hybridized carbons (Fsp3) is 0.533. The normalized spacial score (nSPS) is 20.8. The molecule has 1 heterocycles. The van der Waals surface area contributed by atoms with Crippen molar-refractivity contribution in [3.63, 3.8) is 0 Å². The molecule has 0 aliphatic carbocycles. The first kappa shape index (κ1) is 14.0. The Labute approximate surface area is 114 Å². The van der Waals surface area contributed by atoms with E-state index in [4.69, 9.17) is 10.5 Å². The van der Waals surface area contributed by atoms with Crippen molar-refractivity contribution in [2.24, 2.45) is 5.73 Å². The van der Waals surface area contributed by atoms with Crippen molar-refractivity contribution in [2.45, 2.75) is 31.4 Å². The second-order valence-corrected chi connectivity index (χ2v) is 5.48. The van der Waals surface area contributed by atoms with Crippen molar-refractivity contribution in [3.05, 3.63) is 35.9 Å². The van der Waals surface area contributed by atoms with E-state index in [-0.39, 0.29) is 12.1 Å². The van der Waals surface area contributed by atoms with Gasteiger partial charge in [0.05, 0.1) is 0 Å². The average Bonchev–Trinajstić information content (AvgIpc) is 2.42. The lowest BCUT2D eigenvalue weighted by Crippen LogP contribution is -2.46. The van der Waals surface area contributed by atoms with Crippen LogP contribution < -0.4 is 5.73 Å². The third-order valence-electron chi connectivity index (χ3n) is 3.74. The number of benzene rings is 1. The molecule has 19 heavy (non-hydrogen) atoms. The van der Waals surface area contributed by atoms with E-state index in [0.29, 0.717) is 0 Å². The Morgan fingerprint density at radius 1 is 1.32 bits per heavy atom. The minimum absolute atomic E-state index is 0.00436. The van der Waals surface area contributed by atoms with Crippen LogP contribution >= 0.6 is 0 Å². The Balaban J connectivity index is 1.99. The summed E-state index contributed by atoms with van der Waals surface area (Å²) in [4.78, 5) is 14.5. The van der Waals surface area contributed by atoms with Crippen molar-refractivity contribution < 1.29 is 9.53 Å². The minimum atomic E-state index is -1.08. The van der Waals surface area contributed by atoms with E-state index in [9.17, 15) is 4.79 Å². The SMILES string of the molecule is CN1CCC(OC(=O)C(C)(N)c2ccccc2)CC1. The predicted octanol–water partition coefficient (Wildman–Crippen LogP) is 1.50. The molecule has 1 aliphatic rings. The Bertz CT molecular complexity index is 423. The van der Waals surface area contributed by atoms with Crippen LogP contribution in [-0.4, -0.2) is 37.1 Å². The van der Waals surface area contributed by atoms with Crippen LogP contribution in [0, 0.1) is 0 Å². The summed E-state index contributed by atoms with van der Waals surface area (Å²) in [5.74, 6) is -0.340. The molecule has 0 aromatic heterocycles. The Morgan fingerprint density at radius 3 is 2.47 bits per heavy atom. The second kappa shape index (κ2) is 5.72. The third kappa shape index (κ3) is 3.33. The molecule has 2 N–H and O–H groups in total. The molecule has 0 bridgehead atoms. The number of nitrogens with two attached hydrogens (primary N) is 1. The molecule has 104 valence electrons. The number of esters is 1. The lowest BCUT2D eigenvalue weighted by Gasteiger charge is -2.31. The molecule has 1 aliphatic heterocycles. The lowest BCUT2D eigenvalue weighted by atomic mass is 9.93. The van der Waals surface area contributed by atoms with Crippen LogP contribution in [-0.2, 0) is 15.1 Å². The predicted molar refractivity (Wildman–Crippen MR) is 74.6 cm³/mol. The highest BCUT2D eigenvalue weighted by Crippen LogP contribution is 2.22. The summed E-state index contributed by atoms with van der Waals surface area (Å²) in [5, 5.41) is 0. The van der Waals surface area contributed by atoms with Gasteiger partial charge in [-0.05, 0) is 32.4 Å². The standard InChI is InChI=1S/C15H22N2O2/c1-15(16,12-6-4-3-5-7-12)14(18)19-13-8-10-17(2)11-9-13/h3-7,13H,8-11,16H2,1-2H3. The monoisotopic (exact) mass is 262 g/mol. The van der Waals surface area contributed by atoms with Crippen molar-refractivity contribution in [3.8, 4) is 0 Å². The van der Waals surface area contributed by atoms with Gasteiger partial charge < -0.3 is 15.4 Å². The van der Waals surface area contributed by atoms with Crippen LogP contribution in [0.1, 0.15) is 25.3 Å². The van der Waals surface area contributed by atoms with Gasteiger partial charge in [-0.1, -0.05) is 30.3 Å². The second-order valence-electron chi connectivity index (χ2n) is 5.48. The highest BCUT2D eigenvalue weighted by molar-refractivity contribution is 5.82. The maximum atomic E-state index is 12.3. The molecule has 1 aromatic carbocycles. The van der Waals surface area contributed by atoms with Crippen molar-refractivity contribution in [1.29, 1.82) is 0 Å². The van der Waals surface area contributed by atoms with E-state index >= 15 is 0 Å². The number of carbonyl (C=O) groups excluding carboxylic acids is 1. The zero-order valence-corrected chi connectivity index (χ0v) is 11.6. The van der Waals surface area contributed by atoms with E-state index in [2.05, 4.69) is 11.9 Å². The van der Waals surface area contributed by atoms with E-state index in [1.807, 2.05) is 30.3 Å². The number of likely N-dealkylation sites (tertiary alicyclic amines) is 1. The van der Waals surface area contributed by atoms with Gasteiger partial charge in [0.2, 0.25) is 0 Å². The molecule has 4 nitrogen and oxygen atoms in total. The van der Waals surface area contributed by atoms with Gasteiger partial charge in [-0.15, -0.1) is 0 Å². The first-order valence-electron chi connectivity index (χ1n) is 6.74. The highest BCUT2D eigenvalue weighted by Gasteiger charge is 2.34. The van der Waals surface area contributed by atoms with Gasteiger partial charge in [-0.25, -0.2) is 4.79 Å². The van der Waals surface area contributed by atoms with Gasteiger partial charge >= 0.3 is 5.97 Å². The first-order chi connectivity index (χ1) is 9.00. The zero-order chi connectivity index (χ0) is 13.9.